The largest absolute Gasteiger partial charge is 0.441 e. The number of hydrogen-bond donors (Lipinski definition) is 1. The van der Waals surface area contributed by atoms with Gasteiger partial charge in [-0.05, 0) is 32.0 Å². The minimum atomic E-state index is -0.0917. The lowest BCUT2D eigenvalue weighted by Gasteiger charge is -2.07. The minimum absolute atomic E-state index is 0.0917. The molecule has 84 valence electrons. The van der Waals surface area contributed by atoms with Crippen LogP contribution in [-0.2, 0) is 0 Å². The number of hydrogen-bond acceptors (Lipinski definition) is 3. The number of nitrogens with one attached hydrogen (secondary N) is 1. The van der Waals surface area contributed by atoms with E-state index in [1.54, 1.807) is 25.1 Å². The van der Waals surface area contributed by atoms with Crippen LogP contribution in [-0.4, -0.2) is 16.9 Å². The molecule has 0 spiro atoms. The van der Waals surface area contributed by atoms with Gasteiger partial charge in [-0.3, -0.25) is 4.79 Å². The summed E-state index contributed by atoms with van der Waals surface area (Å²) in [5.41, 5.74) is 2.02. The first-order valence-electron chi connectivity index (χ1n) is 5.24. The Kier molecular flexibility index (Phi) is 2.64. The molecular formula is C12H14N2O2. The lowest BCUT2D eigenvalue weighted by Crippen LogP contribution is -2.29. The molecule has 1 N–H and O–H groups in total. The average Bonchev–Trinajstić information content (AvgIpc) is 2.55. The molecule has 2 rings (SSSR count). The first-order valence-corrected chi connectivity index (χ1v) is 5.24. The lowest BCUT2D eigenvalue weighted by molar-refractivity contribution is 0.0943. The normalized spacial score (nSPS) is 11.0. The Morgan fingerprint density at radius 1 is 1.44 bits per heavy atom. The van der Waals surface area contributed by atoms with E-state index in [4.69, 9.17) is 4.42 Å². The summed E-state index contributed by atoms with van der Waals surface area (Å²) in [6.07, 6.45) is 0. The molecule has 1 heterocycles. The molecule has 0 aliphatic rings. The zero-order valence-corrected chi connectivity index (χ0v) is 9.57. The molecule has 1 aromatic carbocycles. The van der Waals surface area contributed by atoms with Crippen LogP contribution in [0.2, 0.25) is 0 Å². The van der Waals surface area contributed by atoms with Crippen molar-refractivity contribution in [2.45, 2.75) is 26.8 Å². The van der Waals surface area contributed by atoms with Crippen molar-refractivity contribution in [2.75, 3.05) is 0 Å². The summed E-state index contributed by atoms with van der Waals surface area (Å²) in [5.74, 6) is 0.516. The number of aryl methyl sites for hydroxylation is 1. The summed E-state index contributed by atoms with van der Waals surface area (Å²) in [6.45, 7) is 5.64. The second-order valence-corrected chi connectivity index (χ2v) is 4.04. The number of nitrogens with zero attached hydrogens (tertiary/aromatic N) is 1. The van der Waals surface area contributed by atoms with E-state index in [0.29, 0.717) is 17.0 Å². The zero-order chi connectivity index (χ0) is 11.7. The first kappa shape index (κ1) is 10.7. The monoisotopic (exact) mass is 218 g/mol. The number of amides is 1. The Bertz CT molecular complexity index is 529. The van der Waals surface area contributed by atoms with Gasteiger partial charge in [0.1, 0.15) is 5.52 Å². The van der Waals surface area contributed by atoms with Crippen LogP contribution in [0.3, 0.4) is 0 Å². The van der Waals surface area contributed by atoms with Crippen LogP contribution < -0.4 is 5.32 Å². The summed E-state index contributed by atoms with van der Waals surface area (Å²) in [4.78, 5) is 15.9. The van der Waals surface area contributed by atoms with Crippen LogP contribution in [0.1, 0.15) is 30.1 Å². The fourth-order valence-electron chi connectivity index (χ4n) is 1.53. The standard InChI is InChI=1S/C12H14N2O2/c1-7(2)13-12(15)9-4-5-10-11(6-9)16-8(3)14-10/h4-7H,1-3H3,(H,13,15). The van der Waals surface area contributed by atoms with Gasteiger partial charge in [-0.2, -0.15) is 0 Å². The fourth-order valence-corrected chi connectivity index (χ4v) is 1.53. The van der Waals surface area contributed by atoms with E-state index >= 15 is 0 Å². The van der Waals surface area contributed by atoms with Crippen molar-refractivity contribution in [3.05, 3.63) is 29.7 Å². The van der Waals surface area contributed by atoms with E-state index in [0.717, 1.165) is 5.52 Å². The topological polar surface area (TPSA) is 55.1 Å². The van der Waals surface area contributed by atoms with Gasteiger partial charge in [-0.15, -0.1) is 0 Å². The summed E-state index contributed by atoms with van der Waals surface area (Å²) >= 11 is 0. The highest BCUT2D eigenvalue weighted by Crippen LogP contribution is 2.16. The molecule has 0 radical (unpaired) electrons. The molecule has 4 heteroatoms. The van der Waals surface area contributed by atoms with Crippen molar-refractivity contribution in [3.8, 4) is 0 Å². The van der Waals surface area contributed by atoms with Crippen LogP contribution in [0.5, 0.6) is 0 Å². The maximum absolute atomic E-state index is 11.7. The number of rotatable bonds is 2. The fraction of sp³-hybridized carbons (Fsp3) is 0.333. The number of aromatic nitrogens is 1. The molecule has 0 aliphatic carbocycles. The molecule has 0 fully saturated rings. The van der Waals surface area contributed by atoms with Gasteiger partial charge in [0.2, 0.25) is 0 Å². The maximum Gasteiger partial charge on any atom is 0.251 e. The molecule has 2 aromatic rings. The molecule has 0 atom stereocenters. The smallest absolute Gasteiger partial charge is 0.251 e. The third kappa shape index (κ3) is 2.05. The van der Waals surface area contributed by atoms with Crippen LogP contribution in [0.15, 0.2) is 22.6 Å². The van der Waals surface area contributed by atoms with E-state index in [1.165, 1.54) is 0 Å². The van der Waals surface area contributed by atoms with Gasteiger partial charge in [-0.1, -0.05) is 0 Å². The number of fused-ring (bicyclic) bond motifs is 1. The number of carbonyl (C=O) groups is 1. The molecule has 0 unspecified atom stereocenters. The molecule has 0 saturated heterocycles. The predicted molar refractivity (Wildman–Crippen MR) is 61.3 cm³/mol. The number of carbonyl (C=O) groups excluding carboxylic acids is 1. The van der Waals surface area contributed by atoms with E-state index in [-0.39, 0.29) is 11.9 Å². The van der Waals surface area contributed by atoms with Crippen molar-refractivity contribution in [1.29, 1.82) is 0 Å². The average molecular weight is 218 g/mol. The number of oxazole rings is 1. The van der Waals surface area contributed by atoms with Crippen LogP contribution in [0.25, 0.3) is 11.1 Å². The first-order chi connectivity index (χ1) is 7.56. The Morgan fingerprint density at radius 3 is 2.88 bits per heavy atom. The third-order valence-electron chi connectivity index (χ3n) is 2.18. The van der Waals surface area contributed by atoms with Crippen LogP contribution in [0.4, 0.5) is 0 Å². The molecule has 1 aromatic heterocycles. The molecular weight excluding hydrogens is 204 g/mol. The van der Waals surface area contributed by atoms with Crippen LogP contribution in [0, 0.1) is 6.92 Å². The molecule has 0 bridgehead atoms. The predicted octanol–water partition coefficient (Wildman–Crippen LogP) is 2.27. The van der Waals surface area contributed by atoms with Gasteiger partial charge in [0.25, 0.3) is 5.91 Å². The maximum atomic E-state index is 11.7. The van der Waals surface area contributed by atoms with Crippen molar-refractivity contribution in [3.63, 3.8) is 0 Å². The molecule has 16 heavy (non-hydrogen) atoms. The minimum Gasteiger partial charge on any atom is -0.441 e. The molecule has 1 amide bonds. The summed E-state index contributed by atoms with van der Waals surface area (Å²) in [7, 11) is 0. The van der Waals surface area contributed by atoms with Gasteiger partial charge in [-0.25, -0.2) is 4.98 Å². The van der Waals surface area contributed by atoms with Gasteiger partial charge < -0.3 is 9.73 Å². The van der Waals surface area contributed by atoms with Crippen molar-refractivity contribution >= 4 is 17.0 Å². The van der Waals surface area contributed by atoms with Gasteiger partial charge >= 0.3 is 0 Å². The van der Waals surface area contributed by atoms with Crippen molar-refractivity contribution in [1.82, 2.24) is 10.3 Å². The van der Waals surface area contributed by atoms with Crippen molar-refractivity contribution in [2.24, 2.45) is 0 Å². The Hall–Kier alpha value is -1.84. The molecule has 0 saturated carbocycles. The van der Waals surface area contributed by atoms with E-state index < -0.39 is 0 Å². The van der Waals surface area contributed by atoms with E-state index in [9.17, 15) is 4.79 Å². The second-order valence-electron chi connectivity index (χ2n) is 4.04. The van der Waals surface area contributed by atoms with E-state index in [2.05, 4.69) is 10.3 Å². The zero-order valence-electron chi connectivity index (χ0n) is 9.57. The van der Waals surface area contributed by atoms with Gasteiger partial charge in [0.05, 0.1) is 0 Å². The number of benzene rings is 1. The third-order valence-corrected chi connectivity index (χ3v) is 2.18. The Morgan fingerprint density at radius 2 is 2.19 bits per heavy atom. The SMILES string of the molecule is Cc1nc2ccc(C(=O)NC(C)C)cc2o1. The highest BCUT2D eigenvalue weighted by molar-refractivity contribution is 5.97. The highest BCUT2D eigenvalue weighted by atomic mass is 16.3. The van der Waals surface area contributed by atoms with Gasteiger partial charge in [0, 0.05) is 18.5 Å². The summed E-state index contributed by atoms with van der Waals surface area (Å²) in [6, 6.07) is 5.38. The van der Waals surface area contributed by atoms with Crippen molar-refractivity contribution < 1.29 is 9.21 Å². The highest BCUT2D eigenvalue weighted by Gasteiger charge is 2.09. The summed E-state index contributed by atoms with van der Waals surface area (Å²) < 4.78 is 5.37. The quantitative estimate of drug-likeness (QED) is 0.841. The lowest BCUT2D eigenvalue weighted by atomic mass is 10.2. The Balaban J connectivity index is 2.35. The van der Waals surface area contributed by atoms with Gasteiger partial charge in [0.15, 0.2) is 11.5 Å². The van der Waals surface area contributed by atoms with Crippen LogP contribution >= 0.6 is 0 Å². The van der Waals surface area contributed by atoms with E-state index in [1.807, 2.05) is 13.8 Å². The Labute approximate surface area is 93.7 Å². The second kappa shape index (κ2) is 3.96. The summed E-state index contributed by atoms with van der Waals surface area (Å²) in [5, 5.41) is 2.83. The molecule has 4 nitrogen and oxygen atoms in total. The molecule has 0 aliphatic heterocycles.